The molecule has 24 heavy (non-hydrogen) atoms. The number of benzene rings is 1. The molecule has 0 spiro atoms. The highest BCUT2D eigenvalue weighted by Gasteiger charge is 2.28. The second kappa shape index (κ2) is 6.27. The zero-order valence-electron chi connectivity index (χ0n) is 14.1. The van der Waals surface area contributed by atoms with E-state index in [2.05, 4.69) is 5.10 Å². The summed E-state index contributed by atoms with van der Waals surface area (Å²) in [5.41, 5.74) is 1.10. The molecule has 0 saturated heterocycles. The van der Waals surface area contributed by atoms with E-state index in [4.69, 9.17) is 5.11 Å². The van der Waals surface area contributed by atoms with Crippen LogP contribution in [0.15, 0.2) is 41.6 Å². The Morgan fingerprint density at radius 2 is 1.83 bits per heavy atom. The van der Waals surface area contributed by atoms with E-state index < -0.39 is 22.5 Å². The first kappa shape index (κ1) is 18.0. The molecule has 7 nitrogen and oxygen atoms in total. The van der Waals surface area contributed by atoms with Crippen LogP contribution in [0.1, 0.15) is 26.3 Å². The fourth-order valence-electron chi connectivity index (χ4n) is 2.23. The molecule has 8 heteroatoms. The van der Waals surface area contributed by atoms with Crippen LogP contribution in [-0.4, -0.2) is 35.8 Å². The number of hydrogen-bond acceptors (Lipinski definition) is 4. The highest BCUT2D eigenvalue weighted by atomic mass is 32.2. The van der Waals surface area contributed by atoms with Crippen LogP contribution in [0.4, 0.5) is 5.69 Å². The van der Waals surface area contributed by atoms with E-state index in [1.807, 2.05) is 20.8 Å². The molecule has 1 heterocycles. The summed E-state index contributed by atoms with van der Waals surface area (Å²) >= 11 is 0. The van der Waals surface area contributed by atoms with Gasteiger partial charge in [-0.1, -0.05) is 32.9 Å². The van der Waals surface area contributed by atoms with E-state index in [1.165, 1.54) is 29.2 Å². The van der Waals surface area contributed by atoms with Gasteiger partial charge in [0.05, 0.1) is 16.8 Å². The van der Waals surface area contributed by atoms with Gasteiger partial charge in [0.25, 0.3) is 10.0 Å². The number of nitrogens with zero attached hydrogens (tertiary/aromatic N) is 3. The summed E-state index contributed by atoms with van der Waals surface area (Å²) < 4.78 is 28.0. The molecular weight excluding hydrogens is 330 g/mol. The zero-order valence-corrected chi connectivity index (χ0v) is 14.9. The molecule has 0 saturated carbocycles. The van der Waals surface area contributed by atoms with E-state index in [0.29, 0.717) is 0 Å². The summed E-state index contributed by atoms with van der Waals surface area (Å²) in [6, 6.07) is 6.49. The number of anilines is 1. The van der Waals surface area contributed by atoms with Crippen LogP contribution < -0.4 is 4.31 Å². The van der Waals surface area contributed by atoms with Crippen LogP contribution in [0.3, 0.4) is 0 Å². The molecule has 0 bridgehead atoms. The van der Waals surface area contributed by atoms with E-state index in [0.717, 1.165) is 9.87 Å². The van der Waals surface area contributed by atoms with Gasteiger partial charge < -0.3 is 5.11 Å². The van der Waals surface area contributed by atoms with Crippen molar-refractivity contribution in [3.8, 4) is 0 Å². The maximum atomic E-state index is 12.9. The van der Waals surface area contributed by atoms with Gasteiger partial charge in [0.1, 0.15) is 6.54 Å². The quantitative estimate of drug-likeness (QED) is 0.889. The number of carboxylic acid groups (broad SMARTS) is 1. The average Bonchev–Trinajstić information content (AvgIpc) is 2.90. The molecule has 0 aliphatic heterocycles. The van der Waals surface area contributed by atoms with Gasteiger partial charge in [-0.3, -0.25) is 13.8 Å². The minimum Gasteiger partial charge on any atom is -0.480 e. The van der Waals surface area contributed by atoms with Crippen molar-refractivity contribution >= 4 is 21.7 Å². The first-order chi connectivity index (χ1) is 11.0. The van der Waals surface area contributed by atoms with Gasteiger partial charge >= 0.3 is 5.97 Å². The normalized spacial score (nSPS) is 12.2. The first-order valence-electron chi connectivity index (χ1n) is 7.35. The number of aliphatic carboxylic acids is 1. The topological polar surface area (TPSA) is 92.5 Å². The van der Waals surface area contributed by atoms with Crippen molar-refractivity contribution in [2.24, 2.45) is 7.05 Å². The average molecular weight is 351 g/mol. The van der Waals surface area contributed by atoms with Gasteiger partial charge in [-0.2, -0.15) is 5.10 Å². The molecule has 1 aromatic carbocycles. The van der Waals surface area contributed by atoms with Crippen molar-refractivity contribution in [1.82, 2.24) is 9.78 Å². The van der Waals surface area contributed by atoms with Crippen molar-refractivity contribution in [2.75, 3.05) is 10.8 Å². The summed E-state index contributed by atoms with van der Waals surface area (Å²) in [5.74, 6) is -1.24. The lowest BCUT2D eigenvalue weighted by Crippen LogP contribution is -2.35. The Hall–Kier alpha value is -2.35. The van der Waals surface area contributed by atoms with Crippen molar-refractivity contribution in [2.45, 2.75) is 31.1 Å². The van der Waals surface area contributed by atoms with Gasteiger partial charge in [0.2, 0.25) is 0 Å². The van der Waals surface area contributed by atoms with Crippen molar-refractivity contribution in [1.29, 1.82) is 0 Å². The Kier molecular flexibility index (Phi) is 4.70. The highest BCUT2D eigenvalue weighted by molar-refractivity contribution is 7.92. The summed E-state index contributed by atoms with van der Waals surface area (Å²) in [6.45, 7) is 5.42. The molecule has 0 aliphatic rings. The number of aromatic nitrogens is 2. The standard InChI is InChI=1S/C16H21N3O4S/c1-16(2,3)12-5-7-14(8-6-12)24(22,23)19(11-15(20)21)13-9-17-18(4)10-13/h5-10H,11H2,1-4H3,(H,20,21). The van der Waals surface area contributed by atoms with Gasteiger partial charge in [-0.05, 0) is 23.1 Å². The summed E-state index contributed by atoms with van der Waals surface area (Å²) in [4.78, 5) is 11.2. The Morgan fingerprint density at radius 3 is 2.25 bits per heavy atom. The fourth-order valence-corrected chi connectivity index (χ4v) is 3.62. The van der Waals surface area contributed by atoms with Crippen LogP contribution in [0.25, 0.3) is 0 Å². The maximum Gasteiger partial charge on any atom is 0.324 e. The fraction of sp³-hybridized carbons (Fsp3) is 0.375. The maximum absolute atomic E-state index is 12.9. The third-order valence-electron chi connectivity index (χ3n) is 3.57. The van der Waals surface area contributed by atoms with Crippen molar-refractivity contribution < 1.29 is 18.3 Å². The SMILES string of the molecule is Cn1cc(N(CC(=O)O)S(=O)(=O)c2ccc(C(C)(C)C)cc2)cn1. The van der Waals surface area contributed by atoms with E-state index in [1.54, 1.807) is 19.2 Å². The Bertz CT molecular complexity index is 833. The molecule has 130 valence electrons. The third kappa shape index (κ3) is 3.76. The smallest absolute Gasteiger partial charge is 0.324 e. The van der Waals surface area contributed by atoms with Crippen molar-refractivity contribution in [3.05, 3.63) is 42.2 Å². The second-order valence-electron chi connectivity index (χ2n) is 6.55. The van der Waals surface area contributed by atoms with E-state index >= 15 is 0 Å². The minimum absolute atomic E-state index is 0.0422. The number of carboxylic acids is 1. The molecule has 2 aromatic rings. The molecule has 2 rings (SSSR count). The summed E-state index contributed by atoms with van der Waals surface area (Å²) in [6.07, 6.45) is 2.79. The van der Waals surface area contributed by atoms with Crippen LogP contribution in [0.5, 0.6) is 0 Å². The monoisotopic (exact) mass is 351 g/mol. The number of hydrogen-bond donors (Lipinski definition) is 1. The number of sulfonamides is 1. The van der Waals surface area contributed by atoms with Gasteiger partial charge in [-0.25, -0.2) is 8.42 Å². The molecule has 0 aliphatic carbocycles. The Balaban J connectivity index is 2.46. The van der Waals surface area contributed by atoms with Crippen molar-refractivity contribution in [3.63, 3.8) is 0 Å². The van der Waals surface area contributed by atoms with Gasteiger partial charge in [-0.15, -0.1) is 0 Å². The molecule has 1 aromatic heterocycles. The molecule has 1 N–H and O–H groups in total. The van der Waals surface area contributed by atoms with Gasteiger partial charge in [0.15, 0.2) is 0 Å². The number of aryl methyl sites for hydroxylation is 1. The lowest BCUT2D eigenvalue weighted by molar-refractivity contribution is -0.135. The molecule has 0 radical (unpaired) electrons. The number of rotatable bonds is 5. The predicted molar refractivity (Wildman–Crippen MR) is 90.5 cm³/mol. The first-order valence-corrected chi connectivity index (χ1v) is 8.79. The van der Waals surface area contributed by atoms with Crippen LogP contribution >= 0.6 is 0 Å². The predicted octanol–water partition coefficient (Wildman–Crippen LogP) is 2.00. The zero-order chi connectivity index (χ0) is 18.1. The second-order valence-corrected chi connectivity index (χ2v) is 8.41. The molecule has 0 amide bonds. The highest BCUT2D eigenvalue weighted by Crippen LogP contribution is 2.26. The Morgan fingerprint density at radius 1 is 1.25 bits per heavy atom. The third-order valence-corrected chi connectivity index (χ3v) is 5.35. The van der Waals surface area contributed by atoms with Crippen LogP contribution in [0.2, 0.25) is 0 Å². The largest absolute Gasteiger partial charge is 0.480 e. The molecular formula is C16H21N3O4S. The molecule has 0 fully saturated rings. The van der Waals surface area contributed by atoms with E-state index in [9.17, 15) is 13.2 Å². The van der Waals surface area contributed by atoms with Crippen LogP contribution in [-0.2, 0) is 27.3 Å². The lowest BCUT2D eigenvalue weighted by Gasteiger charge is -2.22. The van der Waals surface area contributed by atoms with Crippen LogP contribution in [0, 0.1) is 0 Å². The summed E-state index contributed by atoms with van der Waals surface area (Å²) in [5, 5.41) is 13.0. The van der Waals surface area contributed by atoms with Gasteiger partial charge in [0, 0.05) is 13.2 Å². The molecule has 0 unspecified atom stereocenters. The minimum atomic E-state index is -4.00. The Labute approximate surface area is 141 Å². The van der Waals surface area contributed by atoms with E-state index in [-0.39, 0.29) is 16.0 Å². The summed E-state index contributed by atoms with van der Waals surface area (Å²) in [7, 11) is -2.37. The lowest BCUT2D eigenvalue weighted by atomic mass is 9.87. The molecule has 0 atom stereocenters. The number of carbonyl (C=O) groups is 1.